The fraction of sp³-hybridized carbons (Fsp3) is 1.00. The first-order valence-electron chi connectivity index (χ1n) is 8.16. The molecule has 2 fully saturated rings. The zero-order valence-corrected chi connectivity index (χ0v) is 14.4. The molecule has 0 radical (unpaired) electrons. The Balaban J connectivity index is 1.86. The highest BCUT2D eigenvalue weighted by Crippen LogP contribution is 2.22. The molecule has 0 aromatic rings. The van der Waals surface area contributed by atoms with Gasteiger partial charge in [0.15, 0.2) is 0 Å². The van der Waals surface area contributed by atoms with Gasteiger partial charge in [-0.25, -0.2) is 0 Å². The van der Waals surface area contributed by atoms with E-state index in [0.29, 0.717) is 39.3 Å². The van der Waals surface area contributed by atoms with Gasteiger partial charge in [0.05, 0.1) is 18.3 Å². The van der Waals surface area contributed by atoms with Gasteiger partial charge in [0.1, 0.15) is 0 Å². The monoisotopic (exact) mass is 335 g/mol. The molecule has 2 aliphatic heterocycles. The number of nitrogens with zero attached hydrogens (tertiary/aromatic N) is 2. The van der Waals surface area contributed by atoms with E-state index >= 15 is 0 Å². The Labute approximate surface area is 133 Å². The molecule has 2 unspecified atom stereocenters. The summed E-state index contributed by atoms with van der Waals surface area (Å²) in [6.45, 7) is 7.02. The molecule has 0 aromatic heterocycles. The van der Waals surface area contributed by atoms with E-state index in [-0.39, 0.29) is 18.3 Å². The average molecular weight is 335 g/mol. The van der Waals surface area contributed by atoms with Crippen molar-refractivity contribution in [2.45, 2.75) is 51.4 Å². The molecule has 0 aliphatic carbocycles. The van der Waals surface area contributed by atoms with Crippen molar-refractivity contribution in [2.75, 3.05) is 39.3 Å². The van der Waals surface area contributed by atoms with Crippen molar-refractivity contribution in [1.82, 2.24) is 8.61 Å². The Bertz CT molecular complexity index is 427. The largest absolute Gasteiger partial charge is 0.378 e. The fourth-order valence-electron chi connectivity index (χ4n) is 3.05. The minimum Gasteiger partial charge on any atom is -0.378 e. The van der Waals surface area contributed by atoms with E-state index in [1.807, 2.05) is 13.8 Å². The lowest BCUT2D eigenvalue weighted by Crippen LogP contribution is -2.54. The minimum absolute atomic E-state index is 0.0596. The molecule has 7 nitrogen and oxygen atoms in total. The van der Waals surface area contributed by atoms with Crippen LogP contribution in [-0.2, 0) is 19.7 Å². The first kappa shape index (κ1) is 18.1. The van der Waals surface area contributed by atoms with Gasteiger partial charge in [-0.15, -0.1) is 0 Å². The number of rotatable bonds is 6. The molecule has 0 amide bonds. The van der Waals surface area contributed by atoms with Crippen molar-refractivity contribution in [3.63, 3.8) is 0 Å². The van der Waals surface area contributed by atoms with E-state index in [2.05, 4.69) is 0 Å². The summed E-state index contributed by atoms with van der Waals surface area (Å²) in [5, 5.41) is 0. The van der Waals surface area contributed by atoms with E-state index in [4.69, 9.17) is 15.2 Å². The van der Waals surface area contributed by atoms with Crippen LogP contribution in [0, 0.1) is 0 Å². The number of morpholine rings is 1. The predicted octanol–water partition coefficient (Wildman–Crippen LogP) is 0.170. The van der Waals surface area contributed by atoms with Gasteiger partial charge >= 0.3 is 0 Å². The number of nitrogens with two attached hydrogens (primary N) is 1. The Morgan fingerprint density at radius 2 is 1.73 bits per heavy atom. The highest BCUT2D eigenvalue weighted by atomic mass is 32.2. The number of hydrogen-bond acceptors (Lipinski definition) is 5. The van der Waals surface area contributed by atoms with Gasteiger partial charge in [0.2, 0.25) is 0 Å². The van der Waals surface area contributed by atoms with Crippen molar-refractivity contribution in [3.8, 4) is 0 Å². The lowest BCUT2D eigenvalue weighted by atomic mass is 10.1. The van der Waals surface area contributed by atoms with Crippen molar-refractivity contribution in [2.24, 2.45) is 5.73 Å². The normalized spacial score (nSPS) is 29.8. The molecule has 8 heteroatoms. The van der Waals surface area contributed by atoms with Gasteiger partial charge in [-0.3, -0.25) is 0 Å². The summed E-state index contributed by atoms with van der Waals surface area (Å²) in [4.78, 5) is 0. The molecule has 2 aliphatic rings. The van der Waals surface area contributed by atoms with Crippen molar-refractivity contribution < 1.29 is 17.9 Å². The van der Waals surface area contributed by atoms with Gasteiger partial charge in [-0.2, -0.15) is 17.0 Å². The molecule has 22 heavy (non-hydrogen) atoms. The molecule has 130 valence electrons. The third-order valence-corrected chi connectivity index (χ3v) is 6.11. The van der Waals surface area contributed by atoms with Crippen LogP contribution in [-0.4, -0.2) is 74.7 Å². The lowest BCUT2D eigenvalue weighted by molar-refractivity contribution is -0.0462. The second-order valence-corrected chi connectivity index (χ2v) is 8.12. The Morgan fingerprint density at radius 1 is 1.14 bits per heavy atom. The van der Waals surface area contributed by atoms with Gasteiger partial charge in [0, 0.05) is 32.8 Å². The van der Waals surface area contributed by atoms with E-state index in [0.717, 1.165) is 19.3 Å². The maximum Gasteiger partial charge on any atom is 0.282 e. The smallest absolute Gasteiger partial charge is 0.282 e. The van der Waals surface area contributed by atoms with E-state index in [1.165, 1.54) is 0 Å². The number of ether oxygens (including phenoxy) is 2. The van der Waals surface area contributed by atoms with E-state index < -0.39 is 10.2 Å². The summed E-state index contributed by atoms with van der Waals surface area (Å²) in [6.07, 6.45) is 2.38. The quantitative estimate of drug-likeness (QED) is 0.700. The average Bonchev–Trinajstić information content (AvgIpc) is 2.47. The molecule has 2 atom stereocenters. The van der Waals surface area contributed by atoms with Crippen LogP contribution in [0.5, 0.6) is 0 Å². The molecule has 2 saturated heterocycles. The first-order valence-corrected chi connectivity index (χ1v) is 9.55. The third-order valence-electron chi connectivity index (χ3n) is 4.14. The van der Waals surface area contributed by atoms with Gasteiger partial charge in [-0.05, 0) is 39.7 Å². The summed E-state index contributed by atoms with van der Waals surface area (Å²) >= 11 is 0. The molecule has 0 saturated carbocycles. The zero-order valence-electron chi connectivity index (χ0n) is 13.6. The van der Waals surface area contributed by atoms with Gasteiger partial charge in [-0.1, -0.05) is 0 Å². The van der Waals surface area contributed by atoms with Crippen LogP contribution >= 0.6 is 0 Å². The van der Waals surface area contributed by atoms with Crippen LogP contribution in [0.3, 0.4) is 0 Å². The maximum absolute atomic E-state index is 12.7. The Morgan fingerprint density at radius 3 is 2.27 bits per heavy atom. The van der Waals surface area contributed by atoms with Crippen molar-refractivity contribution >= 4 is 10.2 Å². The third kappa shape index (κ3) is 4.62. The number of piperidine rings is 1. The van der Waals surface area contributed by atoms with Crippen LogP contribution < -0.4 is 5.73 Å². The van der Waals surface area contributed by atoms with E-state index in [1.54, 1.807) is 8.61 Å². The van der Waals surface area contributed by atoms with Crippen LogP contribution in [0.2, 0.25) is 0 Å². The molecule has 2 heterocycles. The minimum atomic E-state index is -3.39. The second-order valence-electron chi connectivity index (χ2n) is 6.19. The molecule has 0 bridgehead atoms. The molecule has 2 rings (SSSR count). The molecule has 0 aromatic carbocycles. The highest BCUT2D eigenvalue weighted by Gasteiger charge is 2.37. The summed E-state index contributed by atoms with van der Waals surface area (Å²) < 4.78 is 40.0. The SMILES string of the molecule is CC1CN(S(=O)(=O)N2CCC(OCCCN)CC2)CC(C)O1. The van der Waals surface area contributed by atoms with E-state index in [9.17, 15) is 8.42 Å². The van der Waals surface area contributed by atoms with Crippen LogP contribution in [0.25, 0.3) is 0 Å². The summed E-state index contributed by atoms with van der Waals surface area (Å²) in [5.74, 6) is 0. The summed E-state index contributed by atoms with van der Waals surface area (Å²) in [5.41, 5.74) is 5.44. The first-order chi connectivity index (χ1) is 10.4. The standard InChI is InChI=1S/C14H29N3O4S/c1-12-10-17(11-13(2)21-12)22(18,19)16-7-4-14(5-8-16)20-9-3-6-15/h12-14H,3-11,15H2,1-2H3. The van der Waals surface area contributed by atoms with Crippen LogP contribution in [0.4, 0.5) is 0 Å². The predicted molar refractivity (Wildman–Crippen MR) is 84.7 cm³/mol. The fourth-order valence-corrected chi connectivity index (χ4v) is 4.84. The van der Waals surface area contributed by atoms with Crippen LogP contribution in [0.15, 0.2) is 0 Å². The summed E-state index contributed by atoms with van der Waals surface area (Å²) in [6, 6.07) is 0. The second kappa shape index (κ2) is 8.03. The lowest BCUT2D eigenvalue weighted by Gasteiger charge is -2.39. The summed E-state index contributed by atoms with van der Waals surface area (Å²) in [7, 11) is -3.39. The molecule has 2 N–H and O–H groups in total. The molecule has 0 spiro atoms. The number of hydrogen-bond donors (Lipinski definition) is 1. The van der Waals surface area contributed by atoms with Crippen LogP contribution in [0.1, 0.15) is 33.1 Å². The Kier molecular flexibility index (Phi) is 6.60. The molecular weight excluding hydrogens is 306 g/mol. The topological polar surface area (TPSA) is 85.1 Å². The maximum atomic E-state index is 12.7. The van der Waals surface area contributed by atoms with Gasteiger partial charge < -0.3 is 15.2 Å². The molecular formula is C14H29N3O4S. The highest BCUT2D eigenvalue weighted by molar-refractivity contribution is 7.86. The van der Waals surface area contributed by atoms with Crippen molar-refractivity contribution in [1.29, 1.82) is 0 Å². The van der Waals surface area contributed by atoms with Gasteiger partial charge in [0.25, 0.3) is 10.2 Å². The van der Waals surface area contributed by atoms with Crippen molar-refractivity contribution in [3.05, 3.63) is 0 Å². The Hall–Kier alpha value is -0.250. The zero-order chi connectivity index (χ0) is 16.2.